The first-order chi connectivity index (χ1) is 6.74. The van der Waals surface area contributed by atoms with Crippen LogP contribution in [-0.4, -0.2) is 11.5 Å². The van der Waals surface area contributed by atoms with Crippen molar-refractivity contribution in [3.05, 3.63) is 29.8 Å². The zero-order valence-electron chi connectivity index (χ0n) is 8.86. The molecule has 0 aliphatic carbocycles. The zero-order valence-corrected chi connectivity index (χ0v) is 10.6. The first kappa shape index (κ1) is 12.0. The molecule has 0 unspecified atom stereocenters. The second-order valence-corrected chi connectivity index (χ2v) is 5.26. The van der Waals surface area contributed by atoms with Gasteiger partial charge in [0.25, 0.3) is 0 Å². The molecule has 0 spiro atoms. The Kier molecular flexibility index (Phi) is 5.49. The fourth-order valence-electron chi connectivity index (χ4n) is 1.20. The van der Waals surface area contributed by atoms with Gasteiger partial charge in [-0.3, -0.25) is 0 Å². The molecule has 0 amide bonds. The second-order valence-electron chi connectivity index (χ2n) is 3.65. The second kappa shape index (κ2) is 6.41. The van der Waals surface area contributed by atoms with Crippen LogP contribution in [0.4, 0.5) is 0 Å². The summed E-state index contributed by atoms with van der Waals surface area (Å²) in [5.41, 5.74) is 1.42. The molecule has 1 rings (SSSR count). The van der Waals surface area contributed by atoms with Gasteiger partial charge in [0.1, 0.15) is 0 Å². The summed E-state index contributed by atoms with van der Waals surface area (Å²) < 4.78 is 0. The van der Waals surface area contributed by atoms with Crippen LogP contribution in [0.1, 0.15) is 31.7 Å². The van der Waals surface area contributed by atoms with Crippen LogP contribution in [-0.2, 0) is 0 Å². The molecular weight excluding hydrogens is 208 g/mol. The van der Waals surface area contributed by atoms with Crippen LogP contribution < -0.4 is 0 Å². The Hall–Kier alpha value is -0.0800. The van der Waals surface area contributed by atoms with E-state index in [2.05, 4.69) is 50.7 Å². The molecule has 0 aliphatic rings. The lowest BCUT2D eigenvalue weighted by molar-refractivity contribution is 0.865. The molecule has 0 bridgehead atoms. The largest absolute Gasteiger partial charge is 0.179 e. The summed E-state index contributed by atoms with van der Waals surface area (Å²) >= 11 is 6.11. The van der Waals surface area contributed by atoms with E-state index in [4.69, 9.17) is 0 Å². The Labute approximate surface area is 96.9 Å². The molecule has 0 heterocycles. The zero-order chi connectivity index (χ0) is 10.4. The van der Waals surface area contributed by atoms with Gasteiger partial charge < -0.3 is 0 Å². The van der Waals surface area contributed by atoms with Crippen LogP contribution in [0.25, 0.3) is 0 Å². The predicted molar refractivity (Wildman–Crippen MR) is 69.7 cm³/mol. The highest BCUT2D eigenvalue weighted by atomic mass is 32.2. The van der Waals surface area contributed by atoms with Gasteiger partial charge in [-0.25, -0.2) is 0 Å². The number of benzene rings is 1. The molecule has 0 aromatic heterocycles. The molecule has 14 heavy (non-hydrogen) atoms. The van der Waals surface area contributed by atoms with Gasteiger partial charge in [-0.15, -0.1) is 11.8 Å². The lowest BCUT2D eigenvalue weighted by Crippen LogP contribution is -1.86. The molecule has 0 aliphatic heterocycles. The topological polar surface area (TPSA) is 0 Å². The number of hydrogen-bond donors (Lipinski definition) is 1. The van der Waals surface area contributed by atoms with Gasteiger partial charge in [-0.2, -0.15) is 12.6 Å². The van der Waals surface area contributed by atoms with E-state index >= 15 is 0 Å². The average molecular weight is 226 g/mol. The maximum absolute atomic E-state index is 4.20. The minimum absolute atomic E-state index is 0.631. The highest BCUT2D eigenvalue weighted by Crippen LogP contribution is 2.22. The van der Waals surface area contributed by atoms with Gasteiger partial charge in [-0.1, -0.05) is 26.0 Å². The maximum atomic E-state index is 4.20. The molecule has 0 N–H and O–H groups in total. The normalized spacial score (nSPS) is 10.9. The van der Waals surface area contributed by atoms with Gasteiger partial charge >= 0.3 is 0 Å². The Morgan fingerprint density at radius 2 is 1.86 bits per heavy atom. The molecule has 0 radical (unpaired) electrons. The molecule has 1 aromatic rings. The molecule has 0 atom stereocenters. The quantitative estimate of drug-likeness (QED) is 0.445. The van der Waals surface area contributed by atoms with E-state index in [1.807, 2.05) is 11.8 Å². The van der Waals surface area contributed by atoms with E-state index in [-0.39, 0.29) is 0 Å². The van der Waals surface area contributed by atoms with E-state index in [1.165, 1.54) is 22.6 Å². The molecule has 1 aromatic carbocycles. The van der Waals surface area contributed by atoms with E-state index in [1.54, 1.807) is 0 Å². The standard InChI is InChI=1S/C12H18S2/c1-10(2)11-4-6-12(7-5-11)14-9-3-8-13/h4-7,10,13H,3,8-9H2,1-2H3. The van der Waals surface area contributed by atoms with Crippen molar-refractivity contribution in [3.8, 4) is 0 Å². The monoisotopic (exact) mass is 226 g/mol. The van der Waals surface area contributed by atoms with Gasteiger partial charge in [0.2, 0.25) is 0 Å². The summed E-state index contributed by atoms with van der Waals surface area (Å²) in [5, 5.41) is 0. The molecule has 0 saturated carbocycles. The minimum atomic E-state index is 0.631. The lowest BCUT2D eigenvalue weighted by Gasteiger charge is -2.06. The van der Waals surface area contributed by atoms with Crippen molar-refractivity contribution in [2.24, 2.45) is 0 Å². The summed E-state index contributed by atoms with van der Waals surface area (Å²) in [5.74, 6) is 2.79. The van der Waals surface area contributed by atoms with E-state index < -0.39 is 0 Å². The molecule has 0 fully saturated rings. The summed E-state index contributed by atoms with van der Waals surface area (Å²) in [6.07, 6.45) is 1.18. The summed E-state index contributed by atoms with van der Waals surface area (Å²) in [6.45, 7) is 4.45. The lowest BCUT2D eigenvalue weighted by atomic mass is 10.0. The maximum Gasteiger partial charge on any atom is 0.00721 e. The Balaban J connectivity index is 2.47. The van der Waals surface area contributed by atoms with Crippen molar-refractivity contribution < 1.29 is 0 Å². The fourth-order valence-corrected chi connectivity index (χ4v) is 2.43. The predicted octanol–water partition coefficient (Wildman–Crippen LogP) is 4.22. The molecule has 78 valence electrons. The summed E-state index contributed by atoms with van der Waals surface area (Å²) in [6, 6.07) is 8.90. The van der Waals surface area contributed by atoms with Gasteiger partial charge in [0.15, 0.2) is 0 Å². The number of thiol groups is 1. The van der Waals surface area contributed by atoms with E-state index in [0.29, 0.717) is 5.92 Å². The molecule has 0 saturated heterocycles. The summed E-state index contributed by atoms with van der Waals surface area (Å²) in [4.78, 5) is 1.37. The first-order valence-electron chi connectivity index (χ1n) is 5.07. The molecule has 0 nitrogen and oxygen atoms in total. The Bertz CT molecular complexity index is 252. The molecule has 2 heteroatoms. The third kappa shape index (κ3) is 3.97. The summed E-state index contributed by atoms with van der Waals surface area (Å²) in [7, 11) is 0. The Morgan fingerprint density at radius 1 is 1.21 bits per heavy atom. The van der Waals surface area contributed by atoms with Crippen LogP contribution in [0.3, 0.4) is 0 Å². The van der Waals surface area contributed by atoms with Crippen molar-refractivity contribution in [2.75, 3.05) is 11.5 Å². The van der Waals surface area contributed by atoms with Crippen LogP contribution >= 0.6 is 24.4 Å². The number of hydrogen-bond acceptors (Lipinski definition) is 2. The van der Waals surface area contributed by atoms with Crippen LogP contribution in [0.5, 0.6) is 0 Å². The van der Waals surface area contributed by atoms with Gasteiger partial charge in [0.05, 0.1) is 0 Å². The van der Waals surface area contributed by atoms with Crippen LogP contribution in [0, 0.1) is 0 Å². The Morgan fingerprint density at radius 3 is 2.36 bits per heavy atom. The van der Waals surface area contributed by atoms with Crippen molar-refractivity contribution in [1.29, 1.82) is 0 Å². The SMILES string of the molecule is CC(C)c1ccc(SCCCS)cc1. The number of thioether (sulfide) groups is 1. The van der Waals surface area contributed by atoms with E-state index in [9.17, 15) is 0 Å². The fraction of sp³-hybridized carbons (Fsp3) is 0.500. The van der Waals surface area contributed by atoms with E-state index in [0.717, 1.165) is 5.75 Å². The van der Waals surface area contributed by atoms with Gasteiger partial charge in [-0.05, 0) is 41.5 Å². The van der Waals surface area contributed by atoms with Crippen molar-refractivity contribution in [2.45, 2.75) is 31.1 Å². The number of rotatable bonds is 5. The first-order valence-corrected chi connectivity index (χ1v) is 6.69. The smallest absolute Gasteiger partial charge is 0.00721 e. The third-order valence-electron chi connectivity index (χ3n) is 2.12. The average Bonchev–Trinajstić information content (AvgIpc) is 2.19. The minimum Gasteiger partial charge on any atom is -0.179 e. The van der Waals surface area contributed by atoms with Crippen LogP contribution in [0.2, 0.25) is 0 Å². The molecular formula is C12H18S2. The van der Waals surface area contributed by atoms with Crippen molar-refractivity contribution >= 4 is 24.4 Å². The highest BCUT2D eigenvalue weighted by molar-refractivity contribution is 7.99. The van der Waals surface area contributed by atoms with Crippen LogP contribution in [0.15, 0.2) is 29.2 Å². The highest BCUT2D eigenvalue weighted by Gasteiger charge is 1.98. The van der Waals surface area contributed by atoms with Gasteiger partial charge in [0, 0.05) is 4.90 Å². The third-order valence-corrected chi connectivity index (χ3v) is 3.53. The van der Waals surface area contributed by atoms with Crippen molar-refractivity contribution in [1.82, 2.24) is 0 Å². The van der Waals surface area contributed by atoms with Crippen molar-refractivity contribution in [3.63, 3.8) is 0 Å².